The maximum Gasteiger partial charge on any atom is 0.168 e. The molecule has 1 aromatic rings. The van der Waals surface area contributed by atoms with Gasteiger partial charge in [0.15, 0.2) is 5.78 Å². The van der Waals surface area contributed by atoms with E-state index in [1.807, 2.05) is 13.8 Å². The van der Waals surface area contributed by atoms with Gasteiger partial charge in [-0.05, 0) is 34.0 Å². The Morgan fingerprint density at radius 1 is 1.38 bits per heavy atom. The molecule has 0 aliphatic heterocycles. The van der Waals surface area contributed by atoms with Crippen LogP contribution in [0.15, 0.2) is 16.6 Å². The summed E-state index contributed by atoms with van der Waals surface area (Å²) in [6, 6.07) is 2.60. The van der Waals surface area contributed by atoms with Crippen LogP contribution in [0.5, 0.6) is 0 Å². The molecule has 0 spiro atoms. The number of benzene rings is 1. The van der Waals surface area contributed by atoms with E-state index in [1.54, 1.807) is 6.92 Å². The molecule has 4 heteroatoms. The van der Waals surface area contributed by atoms with Gasteiger partial charge in [-0.25, -0.2) is 4.39 Å². The summed E-state index contributed by atoms with van der Waals surface area (Å²) in [5, 5.41) is 0.348. The molecular weight excluding hydrogens is 294 g/mol. The summed E-state index contributed by atoms with van der Waals surface area (Å²) in [4.78, 5) is 12.0. The molecule has 0 aliphatic rings. The minimum atomic E-state index is -0.534. The minimum absolute atomic E-state index is 0.0643. The molecule has 1 unspecified atom stereocenters. The third-order valence-corrected chi connectivity index (χ3v) is 3.89. The molecule has 0 aliphatic carbocycles. The van der Waals surface area contributed by atoms with E-state index in [4.69, 9.17) is 11.6 Å². The highest BCUT2D eigenvalue weighted by Crippen LogP contribution is 2.28. The van der Waals surface area contributed by atoms with Crippen molar-refractivity contribution in [3.05, 3.63) is 33.0 Å². The smallest absolute Gasteiger partial charge is 0.168 e. The summed E-state index contributed by atoms with van der Waals surface area (Å²) in [5.41, 5.74) is 0.0643. The highest BCUT2D eigenvalue weighted by molar-refractivity contribution is 9.10. The van der Waals surface area contributed by atoms with Gasteiger partial charge in [-0.3, -0.25) is 4.79 Å². The zero-order valence-electron chi connectivity index (χ0n) is 9.35. The highest BCUT2D eigenvalue weighted by atomic mass is 79.9. The van der Waals surface area contributed by atoms with Crippen LogP contribution in [0.1, 0.15) is 31.1 Å². The number of halogens is 3. The molecule has 1 aromatic carbocycles. The van der Waals surface area contributed by atoms with E-state index >= 15 is 0 Å². The summed E-state index contributed by atoms with van der Waals surface area (Å²) in [6.07, 6.45) is 0. The van der Waals surface area contributed by atoms with Crippen molar-refractivity contribution in [1.29, 1.82) is 0 Å². The van der Waals surface area contributed by atoms with Crippen molar-refractivity contribution in [1.82, 2.24) is 0 Å². The van der Waals surface area contributed by atoms with Gasteiger partial charge in [-0.2, -0.15) is 0 Å². The summed E-state index contributed by atoms with van der Waals surface area (Å²) < 4.78 is 14.1. The first-order chi connectivity index (χ1) is 7.34. The Kier molecular flexibility index (Phi) is 4.51. The lowest BCUT2D eigenvalue weighted by atomic mass is 9.89. The Labute approximate surface area is 108 Å². The molecule has 88 valence electrons. The molecule has 0 amide bonds. The molecule has 0 bridgehead atoms. The van der Waals surface area contributed by atoms with Crippen LogP contribution in [-0.4, -0.2) is 5.78 Å². The fourth-order valence-corrected chi connectivity index (χ4v) is 1.74. The van der Waals surface area contributed by atoms with Crippen molar-refractivity contribution in [2.45, 2.75) is 20.8 Å². The number of hydrogen-bond donors (Lipinski definition) is 0. The Bertz CT molecular complexity index is 418. The number of rotatable bonds is 3. The monoisotopic (exact) mass is 306 g/mol. The number of hydrogen-bond acceptors (Lipinski definition) is 1. The summed E-state index contributed by atoms with van der Waals surface area (Å²) in [7, 11) is 0. The molecule has 0 saturated carbocycles. The molecule has 1 atom stereocenters. The number of carbonyl (C=O) groups excluding carboxylic acids is 1. The van der Waals surface area contributed by atoms with E-state index in [-0.39, 0.29) is 23.2 Å². The average Bonchev–Trinajstić information content (AvgIpc) is 2.21. The van der Waals surface area contributed by atoms with Crippen molar-refractivity contribution >= 4 is 33.3 Å². The molecular formula is C12H13BrClFO. The van der Waals surface area contributed by atoms with E-state index in [2.05, 4.69) is 15.9 Å². The molecule has 0 fully saturated rings. The molecule has 0 aromatic heterocycles. The SMILES string of the molecule is CC(C)C(C)C(=O)c1cc(Cl)c(Br)cc1F. The molecule has 0 heterocycles. The summed E-state index contributed by atoms with van der Waals surface area (Å²) in [5.74, 6) is -0.781. The van der Waals surface area contributed by atoms with Crippen LogP contribution in [0.3, 0.4) is 0 Å². The van der Waals surface area contributed by atoms with Crippen molar-refractivity contribution < 1.29 is 9.18 Å². The van der Waals surface area contributed by atoms with Gasteiger partial charge in [0.05, 0.1) is 10.6 Å². The van der Waals surface area contributed by atoms with Gasteiger partial charge >= 0.3 is 0 Å². The van der Waals surface area contributed by atoms with E-state index < -0.39 is 5.82 Å². The van der Waals surface area contributed by atoms with Crippen molar-refractivity contribution in [3.8, 4) is 0 Å². The van der Waals surface area contributed by atoms with Crippen LogP contribution < -0.4 is 0 Å². The van der Waals surface area contributed by atoms with Crippen molar-refractivity contribution in [2.75, 3.05) is 0 Å². The summed E-state index contributed by atoms with van der Waals surface area (Å²) >= 11 is 8.96. The molecule has 0 radical (unpaired) electrons. The number of Topliss-reactive ketones (excluding diaryl/α,β-unsaturated/α-hetero) is 1. The largest absolute Gasteiger partial charge is 0.294 e. The van der Waals surface area contributed by atoms with Crippen LogP contribution in [0.25, 0.3) is 0 Å². The van der Waals surface area contributed by atoms with Crippen LogP contribution in [0, 0.1) is 17.7 Å². The molecule has 0 N–H and O–H groups in total. The number of carbonyl (C=O) groups is 1. The standard InChI is InChI=1S/C12H13BrClFO/c1-6(2)7(3)12(16)8-4-10(14)9(13)5-11(8)15/h4-7H,1-3H3. The Morgan fingerprint density at radius 2 is 1.94 bits per heavy atom. The minimum Gasteiger partial charge on any atom is -0.294 e. The van der Waals surface area contributed by atoms with Gasteiger partial charge in [0.1, 0.15) is 5.82 Å². The van der Waals surface area contributed by atoms with Gasteiger partial charge in [0.2, 0.25) is 0 Å². The zero-order chi connectivity index (χ0) is 12.5. The van der Waals surface area contributed by atoms with Crippen LogP contribution >= 0.6 is 27.5 Å². The molecule has 16 heavy (non-hydrogen) atoms. The normalized spacial score (nSPS) is 12.9. The second kappa shape index (κ2) is 5.28. The lowest BCUT2D eigenvalue weighted by Gasteiger charge is -2.15. The first-order valence-electron chi connectivity index (χ1n) is 5.03. The second-order valence-corrected chi connectivity index (χ2v) is 5.40. The van der Waals surface area contributed by atoms with E-state index in [1.165, 1.54) is 12.1 Å². The zero-order valence-corrected chi connectivity index (χ0v) is 11.7. The first-order valence-corrected chi connectivity index (χ1v) is 6.20. The predicted molar refractivity (Wildman–Crippen MR) is 67.4 cm³/mol. The van der Waals surface area contributed by atoms with Gasteiger partial charge < -0.3 is 0 Å². The van der Waals surface area contributed by atoms with Gasteiger partial charge in [0, 0.05) is 10.4 Å². The van der Waals surface area contributed by atoms with Crippen molar-refractivity contribution in [2.24, 2.45) is 11.8 Å². The lowest BCUT2D eigenvalue weighted by Crippen LogP contribution is -2.18. The lowest BCUT2D eigenvalue weighted by molar-refractivity contribution is 0.0895. The maximum absolute atomic E-state index is 13.6. The molecule has 0 saturated heterocycles. The molecule has 1 nitrogen and oxygen atoms in total. The van der Waals surface area contributed by atoms with Crippen molar-refractivity contribution in [3.63, 3.8) is 0 Å². The first kappa shape index (κ1) is 13.7. The fraction of sp³-hybridized carbons (Fsp3) is 0.417. The molecule has 1 rings (SSSR count). The summed E-state index contributed by atoms with van der Waals surface area (Å²) in [6.45, 7) is 5.66. The van der Waals surface area contributed by atoms with E-state index in [0.29, 0.717) is 9.50 Å². The Morgan fingerprint density at radius 3 is 2.44 bits per heavy atom. The third-order valence-electron chi connectivity index (χ3n) is 2.69. The van der Waals surface area contributed by atoms with Gasteiger partial charge in [-0.1, -0.05) is 32.4 Å². The van der Waals surface area contributed by atoms with Gasteiger partial charge in [-0.15, -0.1) is 0 Å². The Hall–Kier alpha value is -0.410. The topological polar surface area (TPSA) is 17.1 Å². The van der Waals surface area contributed by atoms with Gasteiger partial charge in [0.25, 0.3) is 0 Å². The highest BCUT2D eigenvalue weighted by Gasteiger charge is 2.22. The Balaban J connectivity index is 3.14. The second-order valence-electron chi connectivity index (χ2n) is 4.14. The predicted octanol–water partition coefficient (Wildman–Crippen LogP) is 4.72. The third kappa shape index (κ3) is 2.83. The van der Waals surface area contributed by atoms with E-state index in [9.17, 15) is 9.18 Å². The van der Waals surface area contributed by atoms with Crippen LogP contribution in [0.2, 0.25) is 5.02 Å². The quantitative estimate of drug-likeness (QED) is 0.583. The van der Waals surface area contributed by atoms with E-state index in [0.717, 1.165) is 0 Å². The average molecular weight is 308 g/mol. The maximum atomic E-state index is 13.6. The number of ketones is 1. The van der Waals surface area contributed by atoms with Crippen LogP contribution in [-0.2, 0) is 0 Å². The fourth-order valence-electron chi connectivity index (χ4n) is 1.26. The van der Waals surface area contributed by atoms with Crippen LogP contribution in [0.4, 0.5) is 4.39 Å².